The van der Waals surface area contributed by atoms with E-state index in [1.54, 1.807) is 16.2 Å². The zero-order valence-corrected chi connectivity index (χ0v) is 16.1. The van der Waals surface area contributed by atoms with Crippen LogP contribution in [0.15, 0.2) is 29.3 Å². The summed E-state index contributed by atoms with van der Waals surface area (Å²) in [5, 5.41) is 3.58. The maximum Gasteiger partial charge on any atom is 0.254 e. The van der Waals surface area contributed by atoms with E-state index in [0.29, 0.717) is 31.5 Å². The molecule has 8 heteroatoms. The van der Waals surface area contributed by atoms with Crippen LogP contribution < -0.4 is 11.1 Å². The lowest BCUT2D eigenvalue weighted by Crippen LogP contribution is -2.50. The predicted molar refractivity (Wildman–Crippen MR) is 105 cm³/mol. The summed E-state index contributed by atoms with van der Waals surface area (Å²) in [5.74, 6) is -0.0196. The summed E-state index contributed by atoms with van der Waals surface area (Å²) < 4.78 is 0. The molecular weight excluding hydrogens is 362 g/mol. The second-order valence-electron chi connectivity index (χ2n) is 7.00. The Bertz CT molecular complexity index is 957. The molecule has 2 aliphatic rings. The fourth-order valence-electron chi connectivity index (χ4n) is 3.74. The number of aromatic nitrogens is 1. The Balaban J connectivity index is 1.52. The minimum Gasteiger partial charge on any atom is -0.370 e. The largest absolute Gasteiger partial charge is 0.370 e. The van der Waals surface area contributed by atoms with Crippen molar-refractivity contribution in [1.82, 2.24) is 15.2 Å². The van der Waals surface area contributed by atoms with Gasteiger partial charge in [-0.25, -0.2) is 9.98 Å². The van der Waals surface area contributed by atoms with Crippen LogP contribution >= 0.6 is 11.3 Å². The van der Waals surface area contributed by atoms with Crippen molar-refractivity contribution in [2.45, 2.75) is 32.2 Å². The molecule has 1 spiro atoms. The van der Waals surface area contributed by atoms with E-state index in [0.717, 1.165) is 21.1 Å². The van der Waals surface area contributed by atoms with Crippen molar-refractivity contribution in [3.63, 3.8) is 0 Å². The first-order valence-electron chi connectivity index (χ1n) is 8.88. The molecule has 0 bridgehead atoms. The van der Waals surface area contributed by atoms with Gasteiger partial charge in [-0.15, -0.1) is 11.3 Å². The van der Waals surface area contributed by atoms with Crippen LogP contribution in [0.5, 0.6) is 0 Å². The molecular formula is C19H21N5O2S. The van der Waals surface area contributed by atoms with E-state index in [4.69, 9.17) is 5.73 Å². The lowest BCUT2D eigenvalue weighted by atomic mass is 9.87. The van der Waals surface area contributed by atoms with Gasteiger partial charge in [-0.3, -0.25) is 14.9 Å². The minimum absolute atomic E-state index is 0.0269. The van der Waals surface area contributed by atoms with Gasteiger partial charge in [0.15, 0.2) is 5.96 Å². The molecule has 7 nitrogen and oxygen atoms in total. The van der Waals surface area contributed by atoms with Crippen molar-refractivity contribution in [3.05, 3.63) is 40.5 Å². The summed E-state index contributed by atoms with van der Waals surface area (Å²) in [4.78, 5) is 36.7. The maximum atomic E-state index is 13.0. The smallest absolute Gasteiger partial charge is 0.254 e. The van der Waals surface area contributed by atoms with Crippen LogP contribution in [-0.2, 0) is 4.79 Å². The number of guanidine groups is 1. The average Bonchev–Trinajstić information content (AvgIpc) is 3.13. The van der Waals surface area contributed by atoms with E-state index < -0.39 is 5.54 Å². The van der Waals surface area contributed by atoms with E-state index >= 15 is 0 Å². The summed E-state index contributed by atoms with van der Waals surface area (Å²) >= 11 is 1.63. The quantitative estimate of drug-likeness (QED) is 0.826. The highest BCUT2D eigenvalue weighted by molar-refractivity contribution is 7.15. The number of thiazole rings is 1. The molecule has 1 saturated heterocycles. The Kier molecular flexibility index (Phi) is 4.22. The topological polar surface area (TPSA) is 101 Å². The second-order valence-corrected chi connectivity index (χ2v) is 8.21. The average molecular weight is 383 g/mol. The molecule has 2 aromatic rings. The number of benzene rings is 1. The van der Waals surface area contributed by atoms with Crippen LogP contribution in [0.4, 0.5) is 0 Å². The molecule has 0 saturated carbocycles. The number of nitrogens with zero attached hydrogens (tertiary/aromatic N) is 3. The normalized spacial score (nSPS) is 18.5. The zero-order chi connectivity index (χ0) is 19.2. The molecule has 3 N–H and O–H groups in total. The van der Waals surface area contributed by atoms with Gasteiger partial charge < -0.3 is 10.6 Å². The number of aryl methyl sites for hydroxylation is 2. The van der Waals surface area contributed by atoms with Crippen LogP contribution in [0.3, 0.4) is 0 Å². The van der Waals surface area contributed by atoms with E-state index in [1.807, 2.05) is 38.1 Å². The molecule has 2 aliphatic heterocycles. The molecule has 1 aromatic carbocycles. The van der Waals surface area contributed by atoms with Crippen molar-refractivity contribution in [3.8, 4) is 10.4 Å². The third-order valence-electron chi connectivity index (χ3n) is 5.15. The van der Waals surface area contributed by atoms with Gasteiger partial charge in [-0.2, -0.15) is 0 Å². The van der Waals surface area contributed by atoms with Gasteiger partial charge >= 0.3 is 0 Å². The Hall–Kier alpha value is -2.74. The first-order chi connectivity index (χ1) is 12.9. The molecule has 0 atom stereocenters. The Morgan fingerprint density at radius 1 is 1.30 bits per heavy atom. The number of piperidine rings is 1. The molecule has 1 aromatic heterocycles. The highest BCUT2D eigenvalue weighted by atomic mass is 32.1. The number of nitrogens with two attached hydrogens (primary N) is 1. The highest BCUT2D eigenvalue weighted by Crippen LogP contribution is 2.32. The monoisotopic (exact) mass is 383 g/mol. The molecule has 4 rings (SSSR count). The summed E-state index contributed by atoms with van der Waals surface area (Å²) in [6.07, 6.45) is 0.968. The van der Waals surface area contributed by atoms with E-state index in [2.05, 4.69) is 15.3 Å². The number of amides is 2. The molecule has 0 aliphatic carbocycles. The lowest BCUT2D eigenvalue weighted by Gasteiger charge is -2.35. The van der Waals surface area contributed by atoms with Gasteiger partial charge in [-0.1, -0.05) is 12.1 Å². The Labute approximate surface area is 161 Å². The predicted octanol–water partition coefficient (Wildman–Crippen LogP) is 1.85. The van der Waals surface area contributed by atoms with Gasteiger partial charge in [0.1, 0.15) is 5.54 Å². The molecule has 0 unspecified atom stereocenters. The number of carbonyl (C=O) groups excluding carboxylic acids is 2. The molecule has 3 heterocycles. The zero-order valence-electron chi connectivity index (χ0n) is 15.3. The maximum absolute atomic E-state index is 13.0. The van der Waals surface area contributed by atoms with E-state index in [-0.39, 0.29) is 17.8 Å². The van der Waals surface area contributed by atoms with Gasteiger partial charge in [-0.05, 0) is 44.4 Å². The van der Waals surface area contributed by atoms with Crippen molar-refractivity contribution < 1.29 is 9.59 Å². The fraction of sp³-hybridized carbons (Fsp3) is 0.368. The van der Waals surface area contributed by atoms with Crippen LogP contribution in [0.25, 0.3) is 10.4 Å². The number of hydrogen-bond acceptors (Lipinski definition) is 6. The number of hydrogen-bond donors (Lipinski definition) is 2. The van der Waals surface area contributed by atoms with Crippen molar-refractivity contribution in [2.24, 2.45) is 10.7 Å². The van der Waals surface area contributed by atoms with E-state index in [9.17, 15) is 9.59 Å². The summed E-state index contributed by atoms with van der Waals surface area (Å²) in [6, 6.07) is 7.66. The number of carbonyl (C=O) groups is 2. The summed E-state index contributed by atoms with van der Waals surface area (Å²) in [5.41, 5.74) is 7.46. The standard InChI is InChI=1S/C19H21N5O2S/c1-11-15(27-12(2)21-11)13-4-3-5-14(10-13)16(25)24-8-6-19(7-9-24)17(26)22-18(20)23-19/h3-5,10H,6-9H2,1-2H3,(H3,20,22,23,26). The number of aliphatic imine (C=N–C) groups is 1. The molecule has 27 heavy (non-hydrogen) atoms. The van der Waals surface area contributed by atoms with Gasteiger partial charge in [0.2, 0.25) is 0 Å². The van der Waals surface area contributed by atoms with Crippen LogP contribution in [-0.4, -0.2) is 46.3 Å². The van der Waals surface area contributed by atoms with Crippen molar-refractivity contribution in [1.29, 1.82) is 0 Å². The SMILES string of the molecule is Cc1nc(C)c(-c2cccc(C(=O)N3CCC4(CC3)N=C(N)NC4=O)c2)s1. The van der Waals surface area contributed by atoms with Crippen LogP contribution in [0.2, 0.25) is 0 Å². The number of rotatable bonds is 2. The molecule has 0 radical (unpaired) electrons. The minimum atomic E-state index is -0.806. The van der Waals surface area contributed by atoms with Crippen LogP contribution in [0.1, 0.15) is 33.9 Å². The molecule has 1 fully saturated rings. The number of nitrogens with one attached hydrogen (secondary N) is 1. The molecule has 2 amide bonds. The second kappa shape index (κ2) is 6.45. The van der Waals surface area contributed by atoms with Gasteiger partial charge in [0.05, 0.1) is 15.6 Å². The first-order valence-corrected chi connectivity index (χ1v) is 9.70. The molecule has 140 valence electrons. The summed E-state index contributed by atoms with van der Waals surface area (Å²) in [7, 11) is 0. The lowest BCUT2D eigenvalue weighted by molar-refractivity contribution is -0.125. The third-order valence-corrected chi connectivity index (χ3v) is 6.27. The van der Waals surface area contributed by atoms with Crippen LogP contribution in [0, 0.1) is 13.8 Å². The van der Waals surface area contributed by atoms with Crippen molar-refractivity contribution in [2.75, 3.05) is 13.1 Å². The highest BCUT2D eigenvalue weighted by Gasteiger charge is 2.46. The first kappa shape index (κ1) is 17.7. The van der Waals surface area contributed by atoms with Gasteiger partial charge in [0.25, 0.3) is 11.8 Å². The van der Waals surface area contributed by atoms with E-state index in [1.165, 1.54) is 0 Å². The number of likely N-dealkylation sites (tertiary alicyclic amines) is 1. The summed E-state index contributed by atoms with van der Waals surface area (Å²) in [6.45, 7) is 4.92. The third kappa shape index (κ3) is 3.10. The Morgan fingerprint density at radius 2 is 2.04 bits per heavy atom. The van der Waals surface area contributed by atoms with Gasteiger partial charge in [0, 0.05) is 18.7 Å². The van der Waals surface area contributed by atoms with Crippen molar-refractivity contribution >= 4 is 29.1 Å². The Morgan fingerprint density at radius 3 is 2.63 bits per heavy atom. The fourth-order valence-corrected chi connectivity index (χ4v) is 4.65.